The van der Waals surface area contributed by atoms with Gasteiger partial charge in [-0.15, -0.1) is 0 Å². The number of nitro benzene ring substituents is 1. The number of nitro groups is 1. The monoisotopic (exact) mass is 374 g/mol. The highest BCUT2D eigenvalue weighted by Crippen LogP contribution is 2.26. The SMILES string of the molecule is CN1CCN(c2ccc(NC(=O)c3ccc(Cl)c([N+](=O)[O-])c3)cc2)CC1. The summed E-state index contributed by atoms with van der Waals surface area (Å²) in [5.74, 6) is -0.419. The average molecular weight is 375 g/mol. The van der Waals surface area contributed by atoms with Crippen LogP contribution in [0.15, 0.2) is 42.5 Å². The Labute approximate surface area is 156 Å². The van der Waals surface area contributed by atoms with Crippen LogP contribution in [-0.4, -0.2) is 49.0 Å². The Morgan fingerprint density at radius 3 is 2.38 bits per heavy atom. The predicted octanol–water partition coefficient (Wildman–Crippen LogP) is 3.25. The highest BCUT2D eigenvalue weighted by atomic mass is 35.5. The summed E-state index contributed by atoms with van der Waals surface area (Å²) in [7, 11) is 2.11. The molecule has 0 bridgehead atoms. The van der Waals surface area contributed by atoms with Crippen molar-refractivity contribution in [2.24, 2.45) is 0 Å². The van der Waals surface area contributed by atoms with Crippen molar-refractivity contribution in [1.82, 2.24) is 4.90 Å². The smallest absolute Gasteiger partial charge is 0.288 e. The lowest BCUT2D eigenvalue weighted by Gasteiger charge is -2.34. The highest BCUT2D eigenvalue weighted by molar-refractivity contribution is 6.32. The zero-order valence-corrected chi connectivity index (χ0v) is 15.1. The summed E-state index contributed by atoms with van der Waals surface area (Å²) in [6.07, 6.45) is 0. The van der Waals surface area contributed by atoms with E-state index in [2.05, 4.69) is 22.2 Å². The third kappa shape index (κ3) is 4.12. The topological polar surface area (TPSA) is 78.7 Å². The van der Waals surface area contributed by atoms with Gasteiger partial charge >= 0.3 is 0 Å². The summed E-state index contributed by atoms with van der Waals surface area (Å²) in [5, 5.41) is 13.7. The molecule has 0 aliphatic carbocycles. The van der Waals surface area contributed by atoms with Crippen molar-refractivity contribution in [3.63, 3.8) is 0 Å². The van der Waals surface area contributed by atoms with Gasteiger partial charge in [-0.25, -0.2) is 0 Å². The first-order chi connectivity index (χ1) is 12.4. The zero-order chi connectivity index (χ0) is 18.7. The minimum atomic E-state index is -0.607. The first kappa shape index (κ1) is 18.2. The summed E-state index contributed by atoms with van der Waals surface area (Å²) in [6, 6.07) is 11.6. The lowest BCUT2D eigenvalue weighted by Crippen LogP contribution is -2.44. The van der Waals surface area contributed by atoms with Crippen LogP contribution in [0.1, 0.15) is 10.4 Å². The number of hydrogen-bond acceptors (Lipinski definition) is 5. The molecule has 2 aromatic rings. The molecule has 1 fully saturated rings. The van der Waals surface area contributed by atoms with Crippen LogP contribution in [0.3, 0.4) is 0 Å². The molecule has 0 atom stereocenters. The normalized spacial score (nSPS) is 14.9. The van der Waals surface area contributed by atoms with Crippen LogP contribution in [0.5, 0.6) is 0 Å². The second-order valence-electron chi connectivity index (χ2n) is 6.21. The summed E-state index contributed by atoms with van der Waals surface area (Å²) in [4.78, 5) is 27.3. The highest BCUT2D eigenvalue weighted by Gasteiger charge is 2.17. The van der Waals surface area contributed by atoms with Crippen LogP contribution >= 0.6 is 11.6 Å². The molecule has 26 heavy (non-hydrogen) atoms. The van der Waals surface area contributed by atoms with Crippen molar-refractivity contribution in [2.45, 2.75) is 0 Å². The van der Waals surface area contributed by atoms with Gasteiger partial charge < -0.3 is 15.1 Å². The molecule has 1 saturated heterocycles. The predicted molar refractivity (Wildman–Crippen MR) is 102 cm³/mol. The number of benzene rings is 2. The molecule has 1 heterocycles. The first-order valence-corrected chi connectivity index (χ1v) is 8.60. The van der Waals surface area contributed by atoms with E-state index >= 15 is 0 Å². The van der Waals surface area contributed by atoms with Gasteiger partial charge in [0.2, 0.25) is 0 Å². The van der Waals surface area contributed by atoms with Crippen molar-refractivity contribution >= 4 is 34.6 Å². The van der Waals surface area contributed by atoms with Gasteiger partial charge in [0, 0.05) is 49.2 Å². The van der Waals surface area contributed by atoms with Gasteiger partial charge in [-0.2, -0.15) is 0 Å². The Morgan fingerprint density at radius 2 is 1.77 bits per heavy atom. The molecule has 0 spiro atoms. The van der Waals surface area contributed by atoms with Crippen LogP contribution in [0.2, 0.25) is 5.02 Å². The van der Waals surface area contributed by atoms with E-state index in [1.807, 2.05) is 24.3 Å². The van der Waals surface area contributed by atoms with Crippen molar-refractivity contribution in [2.75, 3.05) is 43.4 Å². The number of likely N-dealkylation sites (N-methyl/N-ethyl adjacent to an activating group) is 1. The van der Waals surface area contributed by atoms with Crippen LogP contribution in [-0.2, 0) is 0 Å². The van der Waals surface area contributed by atoms with Crippen molar-refractivity contribution in [3.8, 4) is 0 Å². The second-order valence-corrected chi connectivity index (χ2v) is 6.62. The molecule has 8 heteroatoms. The molecule has 136 valence electrons. The third-order valence-electron chi connectivity index (χ3n) is 4.40. The Hall–Kier alpha value is -2.64. The minimum Gasteiger partial charge on any atom is -0.369 e. The molecule has 7 nitrogen and oxygen atoms in total. The molecule has 1 N–H and O–H groups in total. The van der Waals surface area contributed by atoms with E-state index in [9.17, 15) is 14.9 Å². The van der Waals surface area contributed by atoms with Gasteiger partial charge in [-0.05, 0) is 43.4 Å². The quantitative estimate of drug-likeness (QED) is 0.656. The molecule has 3 rings (SSSR count). The Morgan fingerprint density at radius 1 is 1.12 bits per heavy atom. The molecule has 0 unspecified atom stereocenters. The maximum atomic E-state index is 12.3. The van der Waals surface area contributed by atoms with E-state index in [-0.39, 0.29) is 16.3 Å². The van der Waals surface area contributed by atoms with Crippen molar-refractivity contribution in [3.05, 3.63) is 63.2 Å². The second kappa shape index (κ2) is 7.72. The molecule has 0 aromatic heterocycles. The maximum absolute atomic E-state index is 12.3. The Kier molecular flexibility index (Phi) is 5.39. The molecule has 1 aliphatic rings. The summed E-state index contributed by atoms with van der Waals surface area (Å²) in [5.41, 5.74) is 1.64. The van der Waals surface area contributed by atoms with E-state index in [0.717, 1.165) is 31.9 Å². The van der Waals surface area contributed by atoms with Crippen LogP contribution in [0, 0.1) is 10.1 Å². The molecule has 0 saturated carbocycles. The fourth-order valence-electron chi connectivity index (χ4n) is 2.82. The number of piperazine rings is 1. The number of hydrogen-bond donors (Lipinski definition) is 1. The first-order valence-electron chi connectivity index (χ1n) is 8.23. The Balaban J connectivity index is 1.68. The van der Waals surface area contributed by atoms with E-state index in [1.54, 1.807) is 0 Å². The number of halogens is 1. The summed E-state index contributed by atoms with van der Waals surface area (Å²) in [6.45, 7) is 3.98. The molecule has 1 aliphatic heterocycles. The number of nitrogens with one attached hydrogen (secondary N) is 1. The number of amides is 1. The lowest BCUT2D eigenvalue weighted by molar-refractivity contribution is -0.384. The Bertz CT molecular complexity index is 818. The molecule has 0 radical (unpaired) electrons. The number of anilines is 2. The van der Waals surface area contributed by atoms with Crippen LogP contribution in [0.4, 0.5) is 17.1 Å². The standard InChI is InChI=1S/C18H19ClN4O3/c1-21-8-10-22(11-9-21)15-5-3-14(4-6-15)20-18(24)13-2-7-16(19)17(12-13)23(25)26/h2-7,12H,8-11H2,1H3,(H,20,24). The number of carbonyl (C=O) groups excluding carboxylic acids is 1. The molecule has 1 amide bonds. The largest absolute Gasteiger partial charge is 0.369 e. The number of nitrogens with zero attached hydrogens (tertiary/aromatic N) is 3. The average Bonchev–Trinajstić information content (AvgIpc) is 2.63. The zero-order valence-electron chi connectivity index (χ0n) is 14.3. The van der Waals surface area contributed by atoms with E-state index in [0.29, 0.717) is 5.69 Å². The van der Waals surface area contributed by atoms with Crippen LogP contribution in [0.25, 0.3) is 0 Å². The fourth-order valence-corrected chi connectivity index (χ4v) is 3.00. The van der Waals surface area contributed by atoms with Gasteiger partial charge in [0.15, 0.2) is 0 Å². The molecule has 2 aromatic carbocycles. The lowest BCUT2D eigenvalue weighted by atomic mass is 10.1. The van der Waals surface area contributed by atoms with Crippen LogP contribution < -0.4 is 10.2 Å². The van der Waals surface area contributed by atoms with Gasteiger partial charge in [0.1, 0.15) is 5.02 Å². The molecular weight excluding hydrogens is 356 g/mol. The minimum absolute atomic E-state index is 0.00285. The fraction of sp³-hybridized carbons (Fsp3) is 0.278. The van der Waals surface area contributed by atoms with Crippen molar-refractivity contribution in [1.29, 1.82) is 0 Å². The number of rotatable bonds is 4. The van der Waals surface area contributed by atoms with E-state index in [1.165, 1.54) is 18.2 Å². The molecular formula is C18H19ClN4O3. The van der Waals surface area contributed by atoms with Crippen molar-refractivity contribution < 1.29 is 9.72 Å². The van der Waals surface area contributed by atoms with Gasteiger partial charge in [0.05, 0.1) is 4.92 Å². The van der Waals surface area contributed by atoms with E-state index < -0.39 is 10.8 Å². The number of carbonyl (C=O) groups is 1. The van der Waals surface area contributed by atoms with Gasteiger partial charge in [-0.1, -0.05) is 11.6 Å². The summed E-state index contributed by atoms with van der Waals surface area (Å²) >= 11 is 5.78. The summed E-state index contributed by atoms with van der Waals surface area (Å²) < 4.78 is 0. The van der Waals surface area contributed by atoms with Gasteiger partial charge in [-0.3, -0.25) is 14.9 Å². The van der Waals surface area contributed by atoms with Gasteiger partial charge in [0.25, 0.3) is 11.6 Å². The third-order valence-corrected chi connectivity index (χ3v) is 4.72. The van der Waals surface area contributed by atoms with E-state index in [4.69, 9.17) is 11.6 Å². The maximum Gasteiger partial charge on any atom is 0.288 e.